The second kappa shape index (κ2) is 7.85. The zero-order valence-electron chi connectivity index (χ0n) is 11.0. The van der Waals surface area contributed by atoms with E-state index in [0.717, 1.165) is 11.3 Å². The predicted octanol–water partition coefficient (Wildman–Crippen LogP) is 2.22. The molecule has 112 valence electrons. The molecular weight excluding hydrogens is 265 g/mol. The van der Waals surface area contributed by atoms with Gasteiger partial charge in [0.2, 0.25) is 0 Å². The summed E-state index contributed by atoms with van der Waals surface area (Å²) in [6.45, 7) is 1.37. The van der Waals surface area contributed by atoms with Crippen LogP contribution >= 0.6 is 0 Å². The summed E-state index contributed by atoms with van der Waals surface area (Å²) < 4.78 is 36.0. The quantitative estimate of drug-likeness (QED) is 0.753. The second-order valence-electron chi connectivity index (χ2n) is 4.27. The number of urea groups is 1. The number of carboxylic acid groups (broad SMARTS) is 1. The van der Waals surface area contributed by atoms with Gasteiger partial charge in [-0.2, -0.15) is 13.2 Å². The number of unbranched alkanes of at least 4 members (excludes halogenated alkanes) is 1. The Bertz CT molecular complexity index is 308. The molecule has 0 fully saturated rings. The van der Waals surface area contributed by atoms with Gasteiger partial charge >= 0.3 is 18.2 Å². The lowest BCUT2D eigenvalue weighted by Gasteiger charge is -2.21. The summed E-state index contributed by atoms with van der Waals surface area (Å²) in [5.41, 5.74) is 0. The Balaban J connectivity index is 4.27. The van der Waals surface area contributed by atoms with Gasteiger partial charge in [0.05, 0.1) is 6.42 Å². The first-order valence-electron chi connectivity index (χ1n) is 5.98. The molecule has 0 aliphatic carbocycles. The molecule has 0 saturated carbocycles. The highest BCUT2D eigenvalue weighted by atomic mass is 19.4. The van der Waals surface area contributed by atoms with Gasteiger partial charge in [-0.05, 0) is 6.42 Å². The molecule has 0 bridgehead atoms. The zero-order valence-corrected chi connectivity index (χ0v) is 11.0. The first-order chi connectivity index (χ1) is 8.67. The van der Waals surface area contributed by atoms with Crippen LogP contribution in [0.4, 0.5) is 18.0 Å². The Morgan fingerprint density at radius 1 is 1.37 bits per heavy atom. The minimum atomic E-state index is -4.34. The molecule has 0 aromatic carbocycles. The number of alkyl halides is 3. The average Bonchev–Trinajstić information content (AvgIpc) is 2.29. The Hall–Kier alpha value is -1.47. The van der Waals surface area contributed by atoms with Gasteiger partial charge in [0.1, 0.15) is 6.04 Å². The summed E-state index contributed by atoms with van der Waals surface area (Å²) in [4.78, 5) is 23.2. The highest BCUT2D eigenvalue weighted by Gasteiger charge is 2.29. The number of rotatable bonds is 7. The number of hydrogen-bond donors (Lipinski definition) is 2. The van der Waals surface area contributed by atoms with Crippen LogP contribution in [0.15, 0.2) is 0 Å². The van der Waals surface area contributed by atoms with Crippen LogP contribution in [-0.4, -0.2) is 47.8 Å². The fraction of sp³-hybridized carbons (Fsp3) is 0.818. The van der Waals surface area contributed by atoms with Crippen LogP contribution in [0.3, 0.4) is 0 Å². The number of carbonyl (C=O) groups excluding carboxylic acids is 1. The number of halogens is 3. The van der Waals surface area contributed by atoms with Crippen LogP contribution in [0.2, 0.25) is 0 Å². The van der Waals surface area contributed by atoms with Crippen molar-refractivity contribution in [3.05, 3.63) is 0 Å². The third kappa shape index (κ3) is 8.28. The SMILES string of the molecule is CCCCC(NC(=O)N(C)CCC(F)(F)F)C(=O)O. The number of aliphatic carboxylic acids is 1. The maximum atomic E-state index is 12.0. The normalized spacial score (nSPS) is 12.9. The Morgan fingerprint density at radius 2 is 1.95 bits per heavy atom. The van der Waals surface area contributed by atoms with Crippen molar-refractivity contribution in [3.63, 3.8) is 0 Å². The smallest absolute Gasteiger partial charge is 0.390 e. The van der Waals surface area contributed by atoms with Gasteiger partial charge in [-0.25, -0.2) is 9.59 Å². The molecule has 0 rings (SSSR count). The first-order valence-corrected chi connectivity index (χ1v) is 5.98. The number of nitrogens with zero attached hydrogens (tertiary/aromatic N) is 1. The third-order valence-corrected chi connectivity index (χ3v) is 2.52. The fourth-order valence-electron chi connectivity index (χ4n) is 1.32. The van der Waals surface area contributed by atoms with Crippen molar-refractivity contribution < 1.29 is 27.9 Å². The second-order valence-corrected chi connectivity index (χ2v) is 4.27. The van der Waals surface area contributed by atoms with Gasteiger partial charge in [-0.15, -0.1) is 0 Å². The highest BCUT2D eigenvalue weighted by Crippen LogP contribution is 2.19. The van der Waals surface area contributed by atoms with E-state index in [2.05, 4.69) is 5.32 Å². The van der Waals surface area contributed by atoms with E-state index in [1.54, 1.807) is 0 Å². The molecular formula is C11H19F3N2O3. The zero-order chi connectivity index (χ0) is 15.1. The standard InChI is InChI=1S/C11H19F3N2O3/c1-3-4-5-8(9(17)18)15-10(19)16(2)7-6-11(12,13)14/h8H,3-7H2,1-2H3,(H,15,19)(H,17,18). The van der Waals surface area contributed by atoms with Gasteiger partial charge in [-0.3, -0.25) is 0 Å². The minimum Gasteiger partial charge on any atom is -0.480 e. The number of amides is 2. The summed E-state index contributed by atoms with van der Waals surface area (Å²) >= 11 is 0. The Labute approximate surface area is 109 Å². The van der Waals surface area contributed by atoms with Crippen LogP contribution in [0, 0.1) is 0 Å². The van der Waals surface area contributed by atoms with Gasteiger partial charge < -0.3 is 15.3 Å². The van der Waals surface area contributed by atoms with Gasteiger partial charge in [0.25, 0.3) is 0 Å². The molecule has 19 heavy (non-hydrogen) atoms. The van der Waals surface area contributed by atoms with Crippen LogP contribution < -0.4 is 5.32 Å². The van der Waals surface area contributed by atoms with Crippen LogP contribution in [0.5, 0.6) is 0 Å². The van der Waals surface area contributed by atoms with Crippen LogP contribution in [0.1, 0.15) is 32.6 Å². The number of carboxylic acids is 1. The molecule has 1 unspecified atom stereocenters. The monoisotopic (exact) mass is 284 g/mol. The molecule has 0 aromatic heterocycles. The lowest BCUT2D eigenvalue weighted by atomic mass is 10.1. The van der Waals surface area contributed by atoms with Gasteiger partial charge in [0, 0.05) is 13.6 Å². The van der Waals surface area contributed by atoms with E-state index in [1.165, 1.54) is 7.05 Å². The van der Waals surface area contributed by atoms with Crippen molar-refractivity contribution in [1.82, 2.24) is 10.2 Å². The van der Waals surface area contributed by atoms with Gasteiger partial charge in [-0.1, -0.05) is 19.8 Å². The van der Waals surface area contributed by atoms with Crippen molar-refractivity contribution in [2.24, 2.45) is 0 Å². The Kier molecular flexibility index (Phi) is 7.25. The number of carbonyl (C=O) groups is 2. The van der Waals surface area contributed by atoms with E-state index in [4.69, 9.17) is 5.11 Å². The molecule has 2 amide bonds. The van der Waals surface area contributed by atoms with Crippen LogP contribution in [0.25, 0.3) is 0 Å². The average molecular weight is 284 g/mol. The molecule has 0 radical (unpaired) electrons. The molecule has 0 saturated heterocycles. The molecule has 2 N–H and O–H groups in total. The van der Waals surface area contributed by atoms with E-state index < -0.39 is 37.2 Å². The van der Waals surface area contributed by atoms with E-state index in [1.807, 2.05) is 6.92 Å². The highest BCUT2D eigenvalue weighted by molar-refractivity contribution is 5.82. The van der Waals surface area contributed by atoms with Crippen molar-refractivity contribution >= 4 is 12.0 Å². The molecule has 0 aliphatic rings. The summed E-state index contributed by atoms with van der Waals surface area (Å²) in [6, 6.07) is -1.88. The van der Waals surface area contributed by atoms with Crippen LogP contribution in [-0.2, 0) is 4.79 Å². The third-order valence-electron chi connectivity index (χ3n) is 2.52. The molecule has 0 aliphatic heterocycles. The molecule has 0 spiro atoms. The lowest BCUT2D eigenvalue weighted by molar-refractivity contribution is -0.140. The van der Waals surface area contributed by atoms with E-state index in [0.29, 0.717) is 6.42 Å². The lowest BCUT2D eigenvalue weighted by Crippen LogP contribution is -2.47. The van der Waals surface area contributed by atoms with Gasteiger partial charge in [0.15, 0.2) is 0 Å². The van der Waals surface area contributed by atoms with E-state index >= 15 is 0 Å². The predicted molar refractivity (Wildman–Crippen MR) is 62.8 cm³/mol. The van der Waals surface area contributed by atoms with E-state index in [9.17, 15) is 22.8 Å². The topological polar surface area (TPSA) is 69.6 Å². The van der Waals surface area contributed by atoms with Crippen molar-refractivity contribution in [1.29, 1.82) is 0 Å². The summed E-state index contributed by atoms with van der Waals surface area (Å²) in [6.07, 6.45) is -3.83. The van der Waals surface area contributed by atoms with Crippen molar-refractivity contribution in [3.8, 4) is 0 Å². The summed E-state index contributed by atoms with van der Waals surface area (Å²) in [5.74, 6) is -1.19. The first kappa shape index (κ1) is 17.5. The fourth-order valence-corrected chi connectivity index (χ4v) is 1.32. The number of nitrogens with one attached hydrogen (secondary N) is 1. The van der Waals surface area contributed by atoms with Crippen molar-refractivity contribution in [2.75, 3.05) is 13.6 Å². The number of hydrogen-bond acceptors (Lipinski definition) is 2. The molecule has 0 heterocycles. The van der Waals surface area contributed by atoms with E-state index in [-0.39, 0.29) is 6.42 Å². The molecule has 0 aromatic rings. The Morgan fingerprint density at radius 3 is 2.37 bits per heavy atom. The molecule has 5 nitrogen and oxygen atoms in total. The minimum absolute atomic E-state index is 0.255. The summed E-state index contributed by atoms with van der Waals surface area (Å²) in [5, 5.41) is 11.1. The summed E-state index contributed by atoms with van der Waals surface area (Å²) in [7, 11) is 1.19. The molecule has 1 atom stereocenters. The largest absolute Gasteiger partial charge is 0.480 e. The molecule has 8 heteroatoms. The maximum absolute atomic E-state index is 12.0. The van der Waals surface area contributed by atoms with Crippen molar-refractivity contribution in [2.45, 2.75) is 44.8 Å². The maximum Gasteiger partial charge on any atom is 0.390 e.